The van der Waals surface area contributed by atoms with Crippen molar-refractivity contribution in [1.82, 2.24) is 10.6 Å². The minimum absolute atomic E-state index is 0.412. The van der Waals surface area contributed by atoms with Gasteiger partial charge in [0.05, 0.1) is 12.1 Å². The van der Waals surface area contributed by atoms with Crippen molar-refractivity contribution in [3.63, 3.8) is 0 Å². The lowest BCUT2D eigenvalue weighted by atomic mass is 9.92. The van der Waals surface area contributed by atoms with E-state index in [1.165, 1.54) is 19.3 Å². The predicted octanol–water partition coefficient (Wildman–Crippen LogP) is 0.327. The molecule has 1 aliphatic heterocycles. The highest BCUT2D eigenvalue weighted by Crippen LogP contribution is 2.23. The largest absolute Gasteiger partial charge is 0.351 e. The normalized spacial score (nSPS) is 32.8. The van der Waals surface area contributed by atoms with E-state index >= 15 is 0 Å². The van der Waals surface area contributed by atoms with Gasteiger partial charge in [-0.2, -0.15) is 5.26 Å². The minimum Gasteiger partial charge on any atom is -0.351 e. The number of guanidine groups is 1. The van der Waals surface area contributed by atoms with Gasteiger partial charge in [-0.15, -0.1) is 0 Å². The van der Waals surface area contributed by atoms with E-state index in [0.29, 0.717) is 18.0 Å². The summed E-state index contributed by atoms with van der Waals surface area (Å²) in [7, 11) is 0. The second-order valence-corrected chi connectivity index (χ2v) is 3.32. The maximum absolute atomic E-state index is 8.38. The molecule has 2 N–H and O–H groups in total. The zero-order valence-electron chi connectivity index (χ0n) is 6.88. The Labute approximate surface area is 71.7 Å². The second kappa shape index (κ2) is 3.02. The fraction of sp³-hybridized carbons (Fsp3) is 0.750. The van der Waals surface area contributed by atoms with E-state index in [1.54, 1.807) is 0 Å². The Morgan fingerprint density at radius 1 is 1.50 bits per heavy atom. The van der Waals surface area contributed by atoms with Gasteiger partial charge in [0.1, 0.15) is 0 Å². The van der Waals surface area contributed by atoms with Crippen molar-refractivity contribution in [2.45, 2.75) is 37.8 Å². The van der Waals surface area contributed by atoms with Crippen LogP contribution in [-0.2, 0) is 0 Å². The lowest BCUT2D eigenvalue weighted by Crippen LogP contribution is -2.40. The van der Waals surface area contributed by atoms with Crippen LogP contribution >= 0.6 is 0 Å². The van der Waals surface area contributed by atoms with E-state index in [0.717, 1.165) is 6.42 Å². The van der Waals surface area contributed by atoms with Gasteiger partial charge < -0.3 is 5.32 Å². The molecule has 1 aliphatic carbocycles. The van der Waals surface area contributed by atoms with Gasteiger partial charge in [-0.05, 0) is 12.8 Å². The van der Waals surface area contributed by atoms with Crippen molar-refractivity contribution >= 4 is 5.96 Å². The molecule has 4 heteroatoms. The highest BCUT2D eigenvalue weighted by molar-refractivity contribution is 5.83. The molecule has 2 aliphatic rings. The number of hydrogen-bond acceptors (Lipinski definition) is 4. The molecular weight excluding hydrogens is 152 g/mol. The smallest absolute Gasteiger partial charge is 0.205 e. The first kappa shape index (κ1) is 7.41. The molecule has 1 fully saturated rings. The zero-order chi connectivity index (χ0) is 8.39. The quantitative estimate of drug-likeness (QED) is 0.400. The van der Waals surface area contributed by atoms with Crippen molar-refractivity contribution in [3.05, 3.63) is 0 Å². The topological polar surface area (TPSA) is 60.2 Å². The molecule has 1 heterocycles. The summed E-state index contributed by atoms with van der Waals surface area (Å²) in [6.07, 6.45) is 6.77. The molecule has 0 spiro atoms. The van der Waals surface area contributed by atoms with E-state index in [1.807, 2.05) is 6.19 Å². The van der Waals surface area contributed by atoms with Gasteiger partial charge >= 0.3 is 0 Å². The summed E-state index contributed by atoms with van der Waals surface area (Å²) in [6, 6.07) is 0.893. The molecule has 0 saturated heterocycles. The average Bonchev–Trinajstić information content (AvgIpc) is 2.47. The molecule has 0 aromatic rings. The standard InChI is InChI=1S/C8H12N4/c9-5-10-8-11-6-3-1-2-4-7(6)12-8/h6-7H,1-4H2,(H2,10,11,12)/t6-,7-/m1/s1. The second-order valence-electron chi connectivity index (χ2n) is 3.32. The van der Waals surface area contributed by atoms with E-state index in [9.17, 15) is 0 Å². The van der Waals surface area contributed by atoms with Crippen molar-refractivity contribution in [1.29, 1.82) is 5.26 Å². The van der Waals surface area contributed by atoms with Crippen LogP contribution in [-0.4, -0.2) is 18.0 Å². The molecule has 12 heavy (non-hydrogen) atoms. The van der Waals surface area contributed by atoms with Gasteiger partial charge in [0.15, 0.2) is 6.19 Å². The Hall–Kier alpha value is -1.24. The molecule has 2 rings (SSSR count). The first-order chi connectivity index (χ1) is 5.90. The van der Waals surface area contributed by atoms with Gasteiger partial charge in [0, 0.05) is 0 Å². The molecule has 0 radical (unpaired) electrons. The van der Waals surface area contributed by atoms with Gasteiger partial charge in [-0.3, -0.25) is 5.32 Å². The summed E-state index contributed by atoms with van der Waals surface area (Å²) in [5.74, 6) is 0.661. The molecular formula is C8H12N4. The third-order valence-corrected chi connectivity index (χ3v) is 2.52. The van der Waals surface area contributed by atoms with Crippen LogP contribution in [0.5, 0.6) is 0 Å². The first-order valence-corrected chi connectivity index (χ1v) is 4.39. The van der Waals surface area contributed by atoms with Gasteiger partial charge in [0.2, 0.25) is 5.96 Å². The fourth-order valence-electron chi connectivity index (χ4n) is 1.93. The maximum Gasteiger partial charge on any atom is 0.205 e. The Balaban J connectivity index is 2.00. The van der Waals surface area contributed by atoms with Crippen LogP contribution in [0.1, 0.15) is 25.7 Å². The number of nitriles is 1. The van der Waals surface area contributed by atoms with Crippen molar-refractivity contribution in [2.75, 3.05) is 0 Å². The number of hydrogen-bond donors (Lipinski definition) is 2. The molecule has 1 saturated carbocycles. The van der Waals surface area contributed by atoms with Crippen LogP contribution < -0.4 is 10.6 Å². The minimum atomic E-state index is 0.412. The molecule has 64 valence electrons. The van der Waals surface area contributed by atoms with Gasteiger partial charge in [-0.25, -0.2) is 4.99 Å². The molecule has 0 aromatic carbocycles. The molecule has 2 atom stereocenters. The number of fused-ring (bicyclic) bond motifs is 1. The van der Waals surface area contributed by atoms with Crippen LogP contribution in [0.15, 0.2) is 4.99 Å². The van der Waals surface area contributed by atoms with E-state index in [2.05, 4.69) is 15.6 Å². The first-order valence-electron chi connectivity index (χ1n) is 4.39. The van der Waals surface area contributed by atoms with Crippen molar-refractivity contribution in [3.8, 4) is 6.19 Å². The molecule has 0 aromatic heterocycles. The summed E-state index contributed by atoms with van der Waals surface area (Å²) in [5, 5.41) is 14.1. The van der Waals surface area contributed by atoms with Crippen LogP contribution in [0.4, 0.5) is 0 Å². The predicted molar refractivity (Wildman–Crippen MR) is 45.4 cm³/mol. The Morgan fingerprint density at radius 2 is 2.33 bits per heavy atom. The lowest BCUT2D eigenvalue weighted by Gasteiger charge is -2.22. The molecule has 0 bridgehead atoms. The third-order valence-electron chi connectivity index (χ3n) is 2.52. The highest BCUT2D eigenvalue weighted by atomic mass is 15.2. The molecule has 4 nitrogen and oxygen atoms in total. The van der Waals surface area contributed by atoms with Gasteiger partial charge in [-0.1, -0.05) is 12.8 Å². The Morgan fingerprint density at radius 3 is 3.08 bits per heavy atom. The molecule has 0 unspecified atom stereocenters. The Bertz CT molecular complexity index is 240. The van der Waals surface area contributed by atoms with Crippen LogP contribution in [0.2, 0.25) is 0 Å². The SMILES string of the molecule is N#CNC1=N[C@@H]2CCCC[C@H]2N1. The highest BCUT2D eigenvalue weighted by Gasteiger charge is 2.30. The lowest BCUT2D eigenvalue weighted by molar-refractivity contribution is 0.384. The fourth-order valence-corrected chi connectivity index (χ4v) is 1.93. The maximum atomic E-state index is 8.38. The average molecular weight is 164 g/mol. The number of aliphatic imine (C=N–C) groups is 1. The van der Waals surface area contributed by atoms with Crippen molar-refractivity contribution in [2.24, 2.45) is 4.99 Å². The zero-order valence-corrected chi connectivity index (χ0v) is 6.88. The van der Waals surface area contributed by atoms with Crippen LogP contribution in [0.3, 0.4) is 0 Å². The Kier molecular flexibility index (Phi) is 1.86. The summed E-state index contributed by atoms with van der Waals surface area (Å²) in [5.41, 5.74) is 0. The summed E-state index contributed by atoms with van der Waals surface area (Å²) < 4.78 is 0. The van der Waals surface area contributed by atoms with Crippen LogP contribution in [0.25, 0.3) is 0 Å². The summed E-state index contributed by atoms with van der Waals surface area (Å²) in [6.45, 7) is 0. The number of rotatable bonds is 0. The third kappa shape index (κ3) is 1.22. The van der Waals surface area contributed by atoms with Gasteiger partial charge in [0.25, 0.3) is 0 Å². The molecule has 0 amide bonds. The van der Waals surface area contributed by atoms with Crippen molar-refractivity contribution < 1.29 is 0 Å². The van der Waals surface area contributed by atoms with E-state index in [4.69, 9.17) is 5.26 Å². The van der Waals surface area contributed by atoms with E-state index in [-0.39, 0.29) is 0 Å². The number of nitrogens with zero attached hydrogens (tertiary/aromatic N) is 2. The summed E-state index contributed by atoms with van der Waals surface area (Å²) >= 11 is 0. The monoisotopic (exact) mass is 164 g/mol. The van der Waals surface area contributed by atoms with Crippen LogP contribution in [0, 0.1) is 11.5 Å². The number of nitrogens with one attached hydrogen (secondary N) is 2. The van der Waals surface area contributed by atoms with E-state index < -0.39 is 0 Å². The summed E-state index contributed by atoms with van der Waals surface area (Å²) in [4.78, 5) is 4.37.